The van der Waals surface area contributed by atoms with Crippen molar-refractivity contribution in [1.82, 2.24) is 19.2 Å². The second-order valence-electron chi connectivity index (χ2n) is 6.09. The molecule has 3 aromatic rings. The molecule has 0 fully saturated rings. The lowest BCUT2D eigenvalue weighted by molar-refractivity contribution is 0.0338. The molecule has 0 aliphatic rings. The molecule has 0 bridgehead atoms. The van der Waals surface area contributed by atoms with Gasteiger partial charge in [-0.05, 0) is 44.0 Å². The smallest absolute Gasteiger partial charge is 0.378 e. The maximum Gasteiger partial charge on any atom is 0.378 e. The molecule has 0 aliphatic carbocycles. The number of aryl methyl sites for hydroxylation is 2. The molecule has 9 heteroatoms. The van der Waals surface area contributed by atoms with Crippen molar-refractivity contribution in [2.75, 3.05) is 26.9 Å². The number of hydrogen-bond acceptors (Lipinski definition) is 7. The summed E-state index contributed by atoms with van der Waals surface area (Å²) in [4.78, 5) is 29.2. The minimum atomic E-state index is -0.666. The first-order valence-corrected chi connectivity index (χ1v) is 8.62. The lowest BCUT2D eigenvalue weighted by Gasteiger charge is -2.13. The Balaban J connectivity index is 2.22. The van der Waals surface area contributed by atoms with Gasteiger partial charge in [0.1, 0.15) is 6.73 Å². The average Bonchev–Trinajstić information content (AvgIpc) is 3.09. The van der Waals surface area contributed by atoms with E-state index >= 15 is 0 Å². The van der Waals surface area contributed by atoms with E-state index in [0.717, 1.165) is 15.6 Å². The van der Waals surface area contributed by atoms with E-state index in [-0.39, 0.29) is 19.2 Å². The second-order valence-corrected chi connectivity index (χ2v) is 6.09. The van der Waals surface area contributed by atoms with E-state index in [9.17, 15) is 9.59 Å². The zero-order valence-electron chi connectivity index (χ0n) is 15.8. The molecule has 0 radical (unpaired) electrons. The van der Waals surface area contributed by atoms with E-state index in [1.54, 1.807) is 14.0 Å². The van der Waals surface area contributed by atoms with Crippen LogP contribution in [0.15, 0.2) is 16.9 Å². The van der Waals surface area contributed by atoms with Crippen molar-refractivity contribution in [2.24, 2.45) is 0 Å². The quantitative estimate of drug-likeness (QED) is 0.456. The maximum absolute atomic E-state index is 13.0. The molecule has 0 unspecified atom stereocenters. The summed E-state index contributed by atoms with van der Waals surface area (Å²) in [6.07, 6.45) is 0. The van der Waals surface area contributed by atoms with Gasteiger partial charge in [-0.3, -0.25) is 4.57 Å². The Bertz CT molecular complexity index is 1050. The third kappa shape index (κ3) is 3.56. The Morgan fingerprint density at radius 3 is 2.63 bits per heavy atom. The van der Waals surface area contributed by atoms with E-state index in [1.165, 1.54) is 4.57 Å². The Kier molecular flexibility index (Phi) is 5.52. The fourth-order valence-corrected chi connectivity index (χ4v) is 2.75. The summed E-state index contributed by atoms with van der Waals surface area (Å²) in [5.74, 6) is -0.813. The minimum absolute atomic E-state index is 0.0335. The molecule has 27 heavy (non-hydrogen) atoms. The molecule has 0 saturated carbocycles. The van der Waals surface area contributed by atoms with Gasteiger partial charge >= 0.3 is 11.7 Å². The SMILES string of the molecule is CCOC(=O)c1nc2c3cc(C)c(C)cc3n(COCCOC)c(=O)n2n1. The van der Waals surface area contributed by atoms with Crippen LogP contribution in [0.4, 0.5) is 0 Å². The van der Waals surface area contributed by atoms with Crippen LogP contribution in [0.25, 0.3) is 16.6 Å². The highest BCUT2D eigenvalue weighted by Crippen LogP contribution is 2.22. The van der Waals surface area contributed by atoms with Crippen molar-refractivity contribution in [1.29, 1.82) is 0 Å². The van der Waals surface area contributed by atoms with Crippen molar-refractivity contribution >= 4 is 22.5 Å². The molecule has 0 saturated heterocycles. The number of nitrogens with zero attached hydrogens (tertiary/aromatic N) is 4. The fourth-order valence-electron chi connectivity index (χ4n) is 2.75. The first-order valence-electron chi connectivity index (χ1n) is 8.62. The maximum atomic E-state index is 13.0. The summed E-state index contributed by atoms with van der Waals surface area (Å²) in [6.45, 7) is 6.63. The molecule has 2 aromatic heterocycles. The number of esters is 1. The van der Waals surface area contributed by atoms with Crippen LogP contribution in [0.5, 0.6) is 0 Å². The van der Waals surface area contributed by atoms with Gasteiger partial charge in [-0.25, -0.2) is 14.6 Å². The number of benzene rings is 1. The molecule has 3 rings (SSSR count). The lowest BCUT2D eigenvalue weighted by Crippen LogP contribution is -2.29. The second kappa shape index (κ2) is 7.85. The van der Waals surface area contributed by atoms with Gasteiger partial charge in [-0.1, -0.05) is 0 Å². The highest BCUT2D eigenvalue weighted by molar-refractivity contribution is 5.94. The van der Waals surface area contributed by atoms with E-state index in [0.29, 0.717) is 29.8 Å². The normalized spacial score (nSPS) is 11.4. The number of fused-ring (bicyclic) bond motifs is 3. The number of methoxy groups -OCH3 is 1. The predicted molar refractivity (Wildman–Crippen MR) is 98.0 cm³/mol. The summed E-state index contributed by atoms with van der Waals surface area (Å²) in [5.41, 5.74) is 2.60. The van der Waals surface area contributed by atoms with Gasteiger partial charge in [0.2, 0.25) is 0 Å². The van der Waals surface area contributed by atoms with Crippen molar-refractivity contribution in [3.63, 3.8) is 0 Å². The largest absolute Gasteiger partial charge is 0.460 e. The summed E-state index contributed by atoms with van der Waals surface area (Å²) in [5, 5.41) is 4.76. The van der Waals surface area contributed by atoms with Crippen molar-refractivity contribution in [3.8, 4) is 0 Å². The van der Waals surface area contributed by atoms with Gasteiger partial charge in [0, 0.05) is 12.5 Å². The van der Waals surface area contributed by atoms with E-state index in [4.69, 9.17) is 14.2 Å². The topological polar surface area (TPSA) is 97.0 Å². The van der Waals surface area contributed by atoms with Crippen molar-refractivity contribution < 1.29 is 19.0 Å². The Labute approximate surface area is 155 Å². The third-order valence-electron chi connectivity index (χ3n) is 4.27. The van der Waals surface area contributed by atoms with Crippen LogP contribution in [0, 0.1) is 13.8 Å². The number of hydrogen-bond donors (Lipinski definition) is 0. The molecular weight excluding hydrogens is 352 g/mol. The molecule has 0 aliphatic heterocycles. The Morgan fingerprint density at radius 1 is 1.19 bits per heavy atom. The third-order valence-corrected chi connectivity index (χ3v) is 4.27. The molecule has 0 N–H and O–H groups in total. The van der Waals surface area contributed by atoms with E-state index in [2.05, 4.69) is 10.1 Å². The van der Waals surface area contributed by atoms with E-state index < -0.39 is 11.7 Å². The number of carbonyl (C=O) groups excluding carboxylic acids is 1. The van der Waals surface area contributed by atoms with Crippen LogP contribution in [0.3, 0.4) is 0 Å². The first kappa shape index (κ1) is 19.0. The Morgan fingerprint density at radius 2 is 1.93 bits per heavy atom. The van der Waals surface area contributed by atoms with Gasteiger partial charge in [-0.15, -0.1) is 5.10 Å². The zero-order valence-corrected chi connectivity index (χ0v) is 15.8. The summed E-state index contributed by atoms with van der Waals surface area (Å²) in [6, 6.07) is 3.83. The molecule has 0 spiro atoms. The minimum Gasteiger partial charge on any atom is -0.460 e. The highest BCUT2D eigenvalue weighted by atomic mass is 16.5. The van der Waals surface area contributed by atoms with Crippen LogP contribution in [0.1, 0.15) is 28.7 Å². The molecule has 0 amide bonds. The highest BCUT2D eigenvalue weighted by Gasteiger charge is 2.20. The number of carbonyl (C=O) groups is 1. The number of aromatic nitrogens is 4. The molecular formula is C18H22N4O5. The zero-order chi connectivity index (χ0) is 19.6. The van der Waals surface area contributed by atoms with Gasteiger partial charge in [0.05, 0.1) is 25.3 Å². The standard InChI is InChI=1S/C18H22N4O5/c1-5-27-17(23)15-19-16-13-8-11(2)12(3)9-14(13)21(10-26-7-6-25-4)18(24)22(16)20-15/h8-9H,5-7,10H2,1-4H3. The van der Waals surface area contributed by atoms with E-state index in [1.807, 2.05) is 26.0 Å². The summed E-state index contributed by atoms with van der Waals surface area (Å²) >= 11 is 0. The lowest BCUT2D eigenvalue weighted by atomic mass is 10.1. The molecule has 0 atom stereocenters. The van der Waals surface area contributed by atoms with Crippen molar-refractivity contribution in [2.45, 2.75) is 27.5 Å². The summed E-state index contributed by atoms with van der Waals surface area (Å²) in [7, 11) is 1.58. The molecule has 9 nitrogen and oxygen atoms in total. The van der Waals surface area contributed by atoms with Crippen LogP contribution in [0.2, 0.25) is 0 Å². The molecule has 144 valence electrons. The Hall–Kier alpha value is -2.78. The predicted octanol–water partition coefficient (Wildman–Crippen LogP) is 1.46. The van der Waals surface area contributed by atoms with Gasteiger partial charge in [-0.2, -0.15) is 4.52 Å². The van der Waals surface area contributed by atoms with Crippen LogP contribution < -0.4 is 5.69 Å². The van der Waals surface area contributed by atoms with Crippen LogP contribution in [-0.2, 0) is 20.9 Å². The monoisotopic (exact) mass is 374 g/mol. The van der Waals surface area contributed by atoms with Crippen LogP contribution >= 0.6 is 0 Å². The average molecular weight is 374 g/mol. The van der Waals surface area contributed by atoms with Crippen molar-refractivity contribution in [3.05, 3.63) is 39.6 Å². The molecule has 1 aromatic carbocycles. The number of rotatable bonds is 7. The number of ether oxygens (including phenoxy) is 3. The van der Waals surface area contributed by atoms with Gasteiger partial charge in [0.15, 0.2) is 5.65 Å². The molecule has 2 heterocycles. The fraction of sp³-hybridized carbons (Fsp3) is 0.444. The van der Waals surface area contributed by atoms with Gasteiger partial charge in [0.25, 0.3) is 5.82 Å². The van der Waals surface area contributed by atoms with Gasteiger partial charge < -0.3 is 14.2 Å². The van der Waals surface area contributed by atoms with Crippen LogP contribution in [-0.4, -0.2) is 52.1 Å². The first-order chi connectivity index (χ1) is 13.0. The summed E-state index contributed by atoms with van der Waals surface area (Å²) < 4.78 is 18.0.